The average molecular weight is 942 g/mol. The second kappa shape index (κ2) is 15.9. The van der Waals surface area contributed by atoms with Crippen LogP contribution < -0.4 is 5.73 Å². The van der Waals surface area contributed by atoms with Gasteiger partial charge in [-0.05, 0) is 78.2 Å². The van der Waals surface area contributed by atoms with Crippen LogP contribution in [0, 0.1) is 0 Å². The van der Waals surface area contributed by atoms with Gasteiger partial charge in [0, 0.05) is 43.4 Å². The maximum atomic E-state index is 12.6. The molecule has 0 aliphatic carbocycles. The molecule has 24 heteroatoms. The monoisotopic (exact) mass is 941 g/mol. The topological polar surface area (TPSA) is 338 Å². The highest BCUT2D eigenvalue weighted by atomic mass is 32.2. The molecule has 64 heavy (non-hydrogen) atoms. The lowest BCUT2D eigenvalue weighted by Crippen LogP contribution is -2.03. The van der Waals surface area contributed by atoms with E-state index < -0.39 is 71.5 Å². The number of hydrogen-bond donors (Lipinski definition) is 6. The predicted octanol–water partition coefficient (Wildman–Crippen LogP) is 9.82. The molecule has 8 aromatic rings. The Labute approximate surface area is 361 Å². The van der Waals surface area contributed by atoms with Crippen molar-refractivity contribution in [2.75, 3.05) is 5.73 Å². The van der Waals surface area contributed by atoms with E-state index in [0.29, 0.717) is 16.5 Å². The van der Waals surface area contributed by atoms with Crippen molar-refractivity contribution >= 4 is 123 Å². The molecule has 20 nitrogen and oxygen atoms in total. The van der Waals surface area contributed by atoms with Crippen LogP contribution in [0.5, 0.6) is 5.75 Å². The molecule has 324 valence electrons. The number of nitrogens with zero attached hydrogens (tertiary/aromatic N) is 6. The first-order valence-electron chi connectivity index (χ1n) is 17.9. The highest BCUT2D eigenvalue weighted by Gasteiger charge is 2.25. The third-order valence-corrected chi connectivity index (χ3v) is 13.3. The summed E-state index contributed by atoms with van der Waals surface area (Å²) in [6.07, 6.45) is 0. The number of fused-ring (bicyclic) bond motifs is 4. The molecule has 0 fully saturated rings. The van der Waals surface area contributed by atoms with Crippen molar-refractivity contribution in [3.8, 4) is 5.75 Å². The average Bonchev–Trinajstić information content (AvgIpc) is 3.22. The van der Waals surface area contributed by atoms with E-state index >= 15 is 0 Å². The molecule has 0 spiro atoms. The molecule has 0 heterocycles. The predicted molar refractivity (Wildman–Crippen MR) is 234 cm³/mol. The van der Waals surface area contributed by atoms with E-state index in [4.69, 9.17) is 5.73 Å². The molecular weight excluding hydrogens is 915 g/mol. The van der Waals surface area contributed by atoms with Crippen LogP contribution in [0.1, 0.15) is 0 Å². The number of benzene rings is 8. The Morgan fingerprint density at radius 2 is 0.953 bits per heavy atom. The SMILES string of the molecule is Nc1ccc2cc(O)c(N=Nc3ccc(N=Nc4ccc(N=Nc5cc(S(=O)(=O)O)c6cccc(S(=O)(=O)O)c6c5)c5ccccc45)c4ccc(S(=O)(=O)O)cc34)c(S(=O)(=O)O)c2c1. The fourth-order valence-corrected chi connectivity index (χ4v) is 9.69. The zero-order chi connectivity index (χ0) is 45.9. The summed E-state index contributed by atoms with van der Waals surface area (Å²) in [7, 11) is -19.6. The Balaban J connectivity index is 1.20. The van der Waals surface area contributed by atoms with Crippen molar-refractivity contribution in [2.24, 2.45) is 30.7 Å². The number of phenolic OH excluding ortho intramolecular Hbond substituents is 1. The van der Waals surface area contributed by atoms with Gasteiger partial charge in [-0.2, -0.15) is 38.8 Å². The zero-order valence-corrected chi connectivity index (χ0v) is 35.2. The Hall–Kier alpha value is -7.16. The summed E-state index contributed by atoms with van der Waals surface area (Å²) in [5.41, 5.74) is 5.77. The van der Waals surface area contributed by atoms with Crippen molar-refractivity contribution in [3.63, 3.8) is 0 Å². The fraction of sp³-hybridized carbons (Fsp3) is 0. The summed E-state index contributed by atoms with van der Waals surface area (Å²) in [6.45, 7) is 0. The van der Waals surface area contributed by atoms with E-state index in [0.717, 1.165) is 24.3 Å². The minimum Gasteiger partial charge on any atom is -0.506 e. The third-order valence-electron chi connectivity index (χ3n) is 9.70. The Bertz CT molecular complexity index is 3880. The quantitative estimate of drug-likeness (QED) is 0.0422. The van der Waals surface area contributed by atoms with E-state index in [-0.39, 0.29) is 60.8 Å². The molecule has 0 radical (unpaired) electrons. The second-order valence-corrected chi connectivity index (χ2v) is 19.4. The van der Waals surface area contributed by atoms with Crippen LogP contribution in [0.25, 0.3) is 43.1 Å². The van der Waals surface area contributed by atoms with Gasteiger partial charge < -0.3 is 10.8 Å². The molecule has 0 unspecified atom stereocenters. The standard InChI is InChI=1S/C40H27N7O13S4/c41-22-9-8-21-16-36(48)39(40(29(21)17-22)64(58,59)60)47-46-35-15-14-34(27-11-10-24(20-30(27)35)61(49,50)51)45-44-33-13-12-32(25-4-1-2-5-26(25)33)43-42-23-18-31-28(38(19-23)63(55,56)57)6-3-7-37(31)62(52,53)54/h1-20,48H,41H2,(H,49,50,51)(H,52,53,54)(H,55,56,57)(H,58,59,60). The van der Waals surface area contributed by atoms with Crippen molar-refractivity contribution < 1.29 is 57.0 Å². The molecule has 0 saturated heterocycles. The van der Waals surface area contributed by atoms with E-state index in [1.807, 2.05) is 0 Å². The maximum Gasteiger partial charge on any atom is 0.297 e. The van der Waals surface area contributed by atoms with E-state index in [1.165, 1.54) is 72.8 Å². The summed E-state index contributed by atoms with van der Waals surface area (Å²) < 4.78 is 138. The molecule has 8 aromatic carbocycles. The van der Waals surface area contributed by atoms with Crippen LogP contribution in [-0.2, 0) is 40.5 Å². The van der Waals surface area contributed by atoms with Crippen LogP contribution in [0.2, 0.25) is 0 Å². The van der Waals surface area contributed by atoms with Crippen LogP contribution in [0.3, 0.4) is 0 Å². The number of phenols is 1. The number of aromatic hydroxyl groups is 1. The van der Waals surface area contributed by atoms with Crippen molar-refractivity contribution in [3.05, 3.63) is 121 Å². The third kappa shape index (κ3) is 8.49. The molecule has 0 aliphatic heterocycles. The van der Waals surface area contributed by atoms with Crippen molar-refractivity contribution in [1.82, 2.24) is 0 Å². The Kier molecular flexibility index (Phi) is 10.8. The first kappa shape index (κ1) is 43.5. The molecule has 0 atom stereocenters. The molecule has 0 bridgehead atoms. The number of anilines is 1. The molecule has 0 aromatic heterocycles. The fourth-order valence-electron chi connectivity index (χ4n) is 6.91. The molecule has 0 amide bonds. The van der Waals surface area contributed by atoms with Gasteiger partial charge in [-0.25, -0.2) is 0 Å². The minimum absolute atomic E-state index is 0.0310. The molecule has 7 N–H and O–H groups in total. The summed E-state index contributed by atoms with van der Waals surface area (Å²) in [6, 6.07) is 27.0. The van der Waals surface area contributed by atoms with Crippen molar-refractivity contribution in [2.45, 2.75) is 19.6 Å². The lowest BCUT2D eigenvalue weighted by Gasteiger charge is -2.10. The van der Waals surface area contributed by atoms with Gasteiger partial charge in [0.25, 0.3) is 40.5 Å². The Morgan fingerprint density at radius 3 is 1.53 bits per heavy atom. The number of rotatable bonds is 10. The van der Waals surface area contributed by atoms with E-state index in [2.05, 4.69) is 30.7 Å². The Morgan fingerprint density at radius 1 is 0.406 bits per heavy atom. The number of nitrogen functional groups attached to an aromatic ring is 1. The molecule has 8 rings (SSSR count). The summed E-state index contributed by atoms with van der Waals surface area (Å²) in [5, 5.41) is 37.0. The van der Waals surface area contributed by atoms with E-state index in [1.54, 1.807) is 24.3 Å². The van der Waals surface area contributed by atoms with Gasteiger partial charge in [-0.3, -0.25) is 18.2 Å². The molecule has 0 saturated carbocycles. The smallest absolute Gasteiger partial charge is 0.297 e. The van der Waals surface area contributed by atoms with Gasteiger partial charge >= 0.3 is 0 Å². The normalized spacial score (nSPS) is 13.1. The summed E-state index contributed by atoms with van der Waals surface area (Å²) in [4.78, 5) is -2.63. The molecular formula is C40H27N7O13S4. The first-order valence-corrected chi connectivity index (χ1v) is 23.7. The van der Waals surface area contributed by atoms with E-state index in [9.17, 15) is 57.0 Å². The van der Waals surface area contributed by atoms with Gasteiger partial charge in [0.05, 0.1) is 33.3 Å². The lowest BCUT2D eigenvalue weighted by molar-refractivity contribution is 0.469. The van der Waals surface area contributed by atoms with Crippen LogP contribution in [-0.4, -0.2) is 57.0 Å². The second-order valence-electron chi connectivity index (χ2n) is 13.8. The van der Waals surface area contributed by atoms with Gasteiger partial charge in [0.1, 0.15) is 26.1 Å². The summed E-state index contributed by atoms with van der Waals surface area (Å²) >= 11 is 0. The van der Waals surface area contributed by atoms with Crippen LogP contribution >= 0.6 is 0 Å². The number of nitrogens with two attached hydrogens (primary N) is 1. The number of hydrogen-bond acceptors (Lipinski definition) is 16. The lowest BCUT2D eigenvalue weighted by atomic mass is 10.1. The maximum absolute atomic E-state index is 12.6. The summed E-state index contributed by atoms with van der Waals surface area (Å²) in [5.74, 6) is -0.670. The van der Waals surface area contributed by atoms with Crippen LogP contribution in [0.4, 0.5) is 39.8 Å². The van der Waals surface area contributed by atoms with Gasteiger partial charge in [-0.15, -0.1) is 25.6 Å². The van der Waals surface area contributed by atoms with Gasteiger partial charge in [0.15, 0.2) is 0 Å². The van der Waals surface area contributed by atoms with Gasteiger partial charge in [0.2, 0.25) is 0 Å². The van der Waals surface area contributed by atoms with Crippen LogP contribution in [0.15, 0.2) is 172 Å². The first-order chi connectivity index (χ1) is 30.1. The zero-order valence-electron chi connectivity index (χ0n) is 31.9. The minimum atomic E-state index is -5.04. The highest BCUT2D eigenvalue weighted by Crippen LogP contribution is 2.44. The number of azo groups is 3. The molecule has 0 aliphatic rings. The van der Waals surface area contributed by atoms with Gasteiger partial charge in [-0.1, -0.05) is 48.5 Å². The highest BCUT2D eigenvalue weighted by molar-refractivity contribution is 7.87. The van der Waals surface area contributed by atoms with Crippen molar-refractivity contribution in [1.29, 1.82) is 0 Å². The largest absolute Gasteiger partial charge is 0.506 e.